The Morgan fingerprint density at radius 2 is 1.86 bits per heavy atom. The molecular formula is C13H13N5O2S. The lowest BCUT2D eigenvalue weighted by atomic mass is 10.2. The van der Waals surface area contributed by atoms with Crippen LogP contribution in [0.4, 0.5) is 5.95 Å². The van der Waals surface area contributed by atoms with Crippen molar-refractivity contribution in [1.82, 2.24) is 19.7 Å². The monoisotopic (exact) mass is 303 g/mol. The van der Waals surface area contributed by atoms with Gasteiger partial charge in [0.25, 0.3) is 0 Å². The van der Waals surface area contributed by atoms with Gasteiger partial charge in [0.05, 0.1) is 24.6 Å². The Bertz CT molecular complexity index is 732. The molecule has 0 aliphatic heterocycles. The fraction of sp³-hybridized carbons (Fsp3) is 0.154. The van der Waals surface area contributed by atoms with Crippen molar-refractivity contribution in [2.45, 2.75) is 0 Å². The number of hydrogen-bond donors (Lipinski definition) is 1. The molecule has 0 aliphatic carbocycles. The van der Waals surface area contributed by atoms with Gasteiger partial charge in [0, 0.05) is 6.20 Å². The summed E-state index contributed by atoms with van der Waals surface area (Å²) in [6.45, 7) is 0. The first-order chi connectivity index (χ1) is 10.3. The molecule has 8 heteroatoms. The van der Waals surface area contributed by atoms with E-state index in [9.17, 15) is 0 Å². The van der Waals surface area contributed by atoms with Crippen LogP contribution in [0.5, 0.6) is 11.5 Å². The molecule has 2 aromatic heterocycles. The lowest BCUT2D eigenvalue weighted by molar-refractivity contribution is 0.391. The van der Waals surface area contributed by atoms with Crippen LogP contribution in [0, 0.1) is 0 Å². The molecule has 7 nitrogen and oxygen atoms in total. The number of hydrogen-bond acceptors (Lipinski definition) is 7. The van der Waals surface area contributed by atoms with Gasteiger partial charge in [0.1, 0.15) is 17.2 Å². The van der Waals surface area contributed by atoms with Gasteiger partial charge in [0.15, 0.2) is 5.82 Å². The molecule has 0 saturated carbocycles. The molecule has 0 radical (unpaired) electrons. The van der Waals surface area contributed by atoms with Gasteiger partial charge in [-0.1, -0.05) is 6.07 Å². The third-order valence-corrected chi connectivity index (χ3v) is 3.74. The number of anilines is 1. The highest BCUT2D eigenvalue weighted by Gasteiger charge is 2.21. The van der Waals surface area contributed by atoms with Gasteiger partial charge in [-0.15, -0.1) is 21.5 Å². The van der Waals surface area contributed by atoms with E-state index in [-0.39, 0.29) is 5.95 Å². The highest BCUT2D eigenvalue weighted by molar-refractivity contribution is 7.13. The number of para-hydroxylation sites is 1. The van der Waals surface area contributed by atoms with Crippen molar-refractivity contribution in [2.24, 2.45) is 0 Å². The molecule has 2 heterocycles. The number of nitrogens with two attached hydrogens (primary N) is 1. The van der Waals surface area contributed by atoms with Gasteiger partial charge < -0.3 is 15.2 Å². The average molecular weight is 303 g/mol. The van der Waals surface area contributed by atoms with E-state index >= 15 is 0 Å². The van der Waals surface area contributed by atoms with E-state index in [1.807, 2.05) is 18.2 Å². The quantitative estimate of drug-likeness (QED) is 0.793. The molecule has 3 rings (SSSR count). The summed E-state index contributed by atoms with van der Waals surface area (Å²) in [6.07, 6.45) is 1.71. The SMILES string of the molecule is COc1cccc(OC)c1-n1c(N)nnc1-c1cncs1. The van der Waals surface area contributed by atoms with Gasteiger partial charge in [-0.2, -0.15) is 0 Å². The second kappa shape index (κ2) is 5.41. The zero-order valence-electron chi connectivity index (χ0n) is 11.5. The largest absolute Gasteiger partial charge is 0.494 e. The van der Waals surface area contributed by atoms with Crippen molar-refractivity contribution < 1.29 is 9.47 Å². The Labute approximate surface area is 125 Å². The average Bonchev–Trinajstić information content (AvgIpc) is 3.15. The maximum atomic E-state index is 5.99. The summed E-state index contributed by atoms with van der Waals surface area (Å²) in [5, 5.41) is 8.09. The number of aromatic nitrogens is 4. The van der Waals surface area contributed by atoms with Crippen molar-refractivity contribution in [3.8, 4) is 27.9 Å². The molecule has 0 fully saturated rings. The summed E-state index contributed by atoms with van der Waals surface area (Å²) >= 11 is 1.45. The van der Waals surface area contributed by atoms with Gasteiger partial charge >= 0.3 is 0 Å². The van der Waals surface area contributed by atoms with Crippen LogP contribution in [-0.2, 0) is 0 Å². The Morgan fingerprint density at radius 1 is 1.14 bits per heavy atom. The molecule has 0 unspecified atom stereocenters. The first kappa shape index (κ1) is 13.4. The zero-order valence-corrected chi connectivity index (χ0v) is 12.3. The molecule has 0 atom stereocenters. The highest BCUT2D eigenvalue weighted by atomic mass is 32.1. The highest BCUT2D eigenvalue weighted by Crippen LogP contribution is 2.37. The molecular weight excluding hydrogens is 290 g/mol. The molecule has 0 saturated heterocycles. The lowest BCUT2D eigenvalue weighted by Gasteiger charge is -2.15. The number of benzene rings is 1. The van der Waals surface area contributed by atoms with Crippen molar-refractivity contribution in [3.63, 3.8) is 0 Å². The fourth-order valence-electron chi connectivity index (χ4n) is 2.05. The van der Waals surface area contributed by atoms with Crippen LogP contribution in [0.2, 0.25) is 0 Å². The van der Waals surface area contributed by atoms with Crippen LogP contribution < -0.4 is 15.2 Å². The van der Waals surface area contributed by atoms with E-state index in [0.29, 0.717) is 23.0 Å². The first-order valence-corrected chi connectivity index (χ1v) is 6.95. The van der Waals surface area contributed by atoms with Crippen LogP contribution in [0.15, 0.2) is 29.9 Å². The number of thiazole rings is 1. The standard InChI is InChI=1S/C13H13N5O2S/c1-19-8-4-3-5-9(20-2)11(8)18-12(16-17-13(18)14)10-6-15-7-21-10/h3-7H,1-2H3,(H2,14,17). The van der Waals surface area contributed by atoms with E-state index in [2.05, 4.69) is 15.2 Å². The summed E-state index contributed by atoms with van der Waals surface area (Å²) in [4.78, 5) is 4.92. The van der Waals surface area contributed by atoms with Gasteiger partial charge in [-0.3, -0.25) is 9.55 Å². The topological polar surface area (TPSA) is 88.1 Å². The van der Waals surface area contributed by atoms with E-state index in [1.54, 1.807) is 30.5 Å². The van der Waals surface area contributed by atoms with Gasteiger partial charge in [-0.05, 0) is 12.1 Å². The van der Waals surface area contributed by atoms with Crippen LogP contribution in [-0.4, -0.2) is 34.0 Å². The van der Waals surface area contributed by atoms with Crippen LogP contribution >= 0.6 is 11.3 Å². The maximum absolute atomic E-state index is 5.99. The van der Waals surface area contributed by atoms with Crippen LogP contribution in [0.1, 0.15) is 0 Å². The Hall–Kier alpha value is -2.61. The molecule has 1 aromatic carbocycles. The van der Waals surface area contributed by atoms with E-state index < -0.39 is 0 Å². The van der Waals surface area contributed by atoms with Crippen molar-refractivity contribution >= 4 is 17.3 Å². The Balaban J connectivity index is 2.29. The summed E-state index contributed by atoms with van der Waals surface area (Å²) in [7, 11) is 3.18. The van der Waals surface area contributed by atoms with Crippen LogP contribution in [0.3, 0.4) is 0 Å². The Kier molecular flexibility index (Phi) is 3.44. The molecule has 21 heavy (non-hydrogen) atoms. The first-order valence-electron chi connectivity index (χ1n) is 6.07. The molecule has 0 bridgehead atoms. The summed E-state index contributed by atoms with van der Waals surface area (Å²) in [6, 6.07) is 5.50. The van der Waals surface area contributed by atoms with Crippen molar-refractivity contribution in [1.29, 1.82) is 0 Å². The third kappa shape index (κ3) is 2.19. The number of methoxy groups -OCH3 is 2. The fourth-order valence-corrected chi connectivity index (χ4v) is 2.65. The van der Waals surface area contributed by atoms with Crippen molar-refractivity contribution in [2.75, 3.05) is 20.0 Å². The summed E-state index contributed by atoms with van der Waals surface area (Å²) in [5.41, 5.74) is 8.38. The molecule has 0 aliphatic rings. The summed E-state index contributed by atoms with van der Waals surface area (Å²) < 4.78 is 12.5. The van der Waals surface area contributed by atoms with E-state index in [0.717, 1.165) is 4.88 Å². The van der Waals surface area contributed by atoms with E-state index in [1.165, 1.54) is 11.3 Å². The van der Waals surface area contributed by atoms with Crippen molar-refractivity contribution in [3.05, 3.63) is 29.9 Å². The minimum atomic E-state index is 0.251. The normalized spacial score (nSPS) is 10.6. The number of ether oxygens (including phenoxy) is 2. The zero-order chi connectivity index (χ0) is 14.8. The summed E-state index contributed by atoms with van der Waals surface area (Å²) in [5.74, 6) is 2.08. The molecule has 0 amide bonds. The van der Waals surface area contributed by atoms with E-state index in [4.69, 9.17) is 15.2 Å². The third-order valence-electron chi connectivity index (χ3n) is 2.97. The molecule has 0 spiro atoms. The van der Waals surface area contributed by atoms with Gasteiger partial charge in [-0.25, -0.2) is 0 Å². The molecule has 2 N–H and O–H groups in total. The second-order valence-corrected chi connectivity index (χ2v) is 4.98. The van der Waals surface area contributed by atoms with Crippen LogP contribution in [0.25, 0.3) is 16.4 Å². The van der Waals surface area contributed by atoms with Gasteiger partial charge in [0.2, 0.25) is 5.95 Å². The Morgan fingerprint density at radius 3 is 2.43 bits per heavy atom. The number of nitrogens with zero attached hydrogens (tertiary/aromatic N) is 4. The minimum Gasteiger partial charge on any atom is -0.494 e. The number of nitrogen functional groups attached to an aromatic ring is 1. The molecule has 3 aromatic rings. The second-order valence-electron chi connectivity index (χ2n) is 4.09. The smallest absolute Gasteiger partial charge is 0.227 e. The minimum absolute atomic E-state index is 0.251. The predicted molar refractivity (Wildman–Crippen MR) is 80.0 cm³/mol. The lowest BCUT2D eigenvalue weighted by Crippen LogP contribution is -2.06. The predicted octanol–water partition coefficient (Wildman–Crippen LogP) is 1.99. The maximum Gasteiger partial charge on any atom is 0.227 e. The number of rotatable bonds is 4. The molecule has 108 valence electrons.